The van der Waals surface area contributed by atoms with Gasteiger partial charge in [-0.2, -0.15) is 0 Å². The predicted molar refractivity (Wildman–Crippen MR) is 48.2 cm³/mol. The van der Waals surface area contributed by atoms with Crippen molar-refractivity contribution in [1.82, 2.24) is 9.97 Å². The zero-order chi connectivity index (χ0) is 7.84. The number of nitrogens with zero attached hydrogens (tertiary/aromatic N) is 1. The molecule has 2 rings (SSSR count). The number of aromatic amines is 1. The molecule has 56 valence electrons. The summed E-state index contributed by atoms with van der Waals surface area (Å²) in [6.07, 6.45) is 3.51. The summed E-state index contributed by atoms with van der Waals surface area (Å²) in [5, 5.41) is 1.01. The fourth-order valence-corrected chi connectivity index (χ4v) is 1.35. The van der Waals surface area contributed by atoms with Crippen molar-refractivity contribution >= 4 is 32.5 Å². The molecule has 0 saturated carbocycles. The van der Waals surface area contributed by atoms with Crippen LogP contribution in [0.15, 0.2) is 23.1 Å². The van der Waals surface area contributed by atoms with E-state index in [9.17, 15) is 0 Å². The van der Waals surface area contributed by atoms with Gasteiger partial charge in [-0.25, -0.2) is 4.98 Å². The van der Waals surface area contributed by atoms with E-state index in [0.717, 1.165) is 21.2 Å². The van der Waals surface area contributed by atoms with Crippen molar-refractivity contribution in [2.24, 2.45) is 0 Å². The Morgan fingerprint density at radius 3 is 3.18 bits per heavy atom. The minimum absolute atomic E-state index is 0.753. The van der Waals surface area contributed by atoms with Gasteiger partial charge in [0.05, 0.1) is 17.4 Å². The molecule has 0 bridgehead atoms. The Bertz CT molecular complexity index is 393. The van der Waals surface area contributed by atoms with E-state index in [1.54, 1.807) is 12.4 Å². The number of nitrogens with one attached hydrogen (secondary N) is 1. The average molecular weight is 212 g/mol. The van der Waals surface area contributed by atoms with Gasteiger partial charge in [-0.15, -0.1) is 0 Å². The maximum Gasteiger partial charge on any atom is 0.106 e. The fourth-order valence-electron chi connectivity index (χ4n) is 1.02. The maximum absolute atomic E-state index is 5.67. The number of H-pyrrole nitrogens is 1. The summed E-state index contributed by atoms with van der Waals surface area (Å²) in [7, 11) is 0. The van der Waals surface area contributed by atoms with E-state index in [0.29, 0.717) is 0 Å². The lowest BCUT2D eigenvalue weighted by molar-refractivity contribution is 1.29. The van der Waals surface area contributed by atoms with Gasteiger partial charge in [0.15, 0.2) is 0 Å². The number of pyridine rings is 1. The van der Waals surface area contributed by atoms with E-state index in [4.69, 9.17) is 5.73 Å². The standard InChI is InChI=1S/C7H6BrN3/c8-7-1-4-5(9)2-10-6(4)3-11-7/h1-3,10H,9H2. The largest absolute Gasteiger partial charge is 0.397 e. The summed E-state index contributed by atoms with van der Waals surface area (Å²) < 4.78 is 0.802. The summed E-state index contributed by atoms with van der Waals surface area (Å²) in [5.41, 5.74) is 7.38. The van der Waals surface area contributed by atoms with Crippen LogP contribution in [0.25, 0.3) is 10.9 Å². The Morgan fingerprint density at radius 1 is 1.55 bits per heavy atom. The second-order valence-corrected chi connectivity index (χ2v) is 3.11. The second-order valence-electron chi connectivity index (χ2n) is 2.30. The number of hydrogen-bond acceptors (Lipinski definition) is 2. The third-order valence-corrected chi connectivity index (χ3v) is 2.00. The molecule has 0 aliphatic carbocycles. The second kappa shape index (κ2) is 2.23. The molecule has 2 heterocycles. The van der Waals surface area contributed by atoms with E-state index in [1.165, 1.54) is 0 Å². The lowest BCUT2D eigenvalue weighted by Crippen LogP contribution is -1.80. The first-order valence-electron chi connectivity index (χ1n) is 3.15. The molecule has 0 aliphatic heterocycles. The molecule has 3 nitrogen and oxygen atoms in total. The zero-order valence-corrected chi connectivity index (χ0v) is 7.22. The average Bonchev–Trinajstić information content (AvgIpc) is 2.33. The van der Waals surface area contributed by atoms with E-state index < -0.39 is 0 Å². The predicted octanol–water partition coefficient (Wildman–Crippen LogP) is 1.91. The van der Waals surface area contributed by atoms with Crippen molar-refractivity contribution in [2.75, 3.05) is 5.73 Å². The third-order valence-electron chi connectivity index (χ3n) is 1.56. The molecule has 2 aromatic heterocycles. The number of rotatable bonds is 0. The monoisotopic (exact) mass is 211 g/mol. The van der Waals surface area contributed by atoms with Crippen LogP contribution in [-0.4, -0.2) is 9.97 Å². The molecule has 0 fully saturated rings. The summed E-state index contributed by atoms with van der Waals surface area (Å²) in [6, 6.07) is 1.89. The first kappa shape index (κ1) is 6.67. The number of fused-ring (bicyclic) bond motifs is 1. The van der Waals surface area contributed by atoms with Crippen LogP contribution >= 0.6 is 15.9 Å². The van der Waals surface area contributed by atoms with Gasteiger partial charge in [0.25, 0.3) is 0 Å². The molecule has 3 N–H and O–H groups in total. The topological polar surface area (TPSA) is 54.7 Å². The van der Waals surface area contributed by atoms with Crippen molar-refractivity contribution in [3.05, 3.63) is 23.1 Å². The molecule has 2 aromatic rings. The molecule has 4 heteroatoms. The highest BCUT2D eigenvalue weighted by atomic mass is 79.9. The van der Waals surface area contributed by atoms with Gasteiger partial charge in [0.2, 0.25) is 0 Å². The van der Waals surface area contributed by atoms with Gasteiger partial charge in [0, 0.05) is 11.6 Å². The van der Waals surface area contributed by atoms with Crippen molar-refractivity contribution in [3.63, 3.8) is 0 Å². The molecular weight excluding hydrogens is 206 g/mol. The molecule has 0 saturated heterocycles. The highest BCUT2D eigenvalue weighted by Crippen LogP contribution is 2.21. The maximum atomic E-state index is 5.67. The van der Waals surface area contributed by atoms with Crippen LogP contribution in [0.5, 0.6) is 0 Å². The van der Waals surface area contributed by atoms with Crippen LogP contribution in [0.3, 0.4) is 0 Å². The molecular formula is C7H6BrN3. The first-order valence-corrected chi connectivity index (χ1v) is 3.95. The number of hydrogen-bond donors (Lipinski definition) is 2. The highest BCUT2D eigenvalue weighted by molar-refractivity contribution is 9.10. The quantitative estimate of drug-likeness (QED) is 0.655. The smallest absolute Gasteiger partial charge is 0.106 e. The minimum Gasteiger partial charge on any atom is -0.397 e. The Labute approximate surface area is 71.7 Å². The molecule has 0 aromatic carbocycles. The molecule has 0 spiro atoms. The van der Waals surface area contributed by atoms with Crippen LogP contribution in [-0.2, 0) is 0 Å². The third kappa shape index (κ3) is 0.991. The van der Waals surface area contributed by atoms with Gasteiger partial charge in [-0.1, -0.05) is 0 Å². The molecule has 0 atom stereocenters. The van der Waals surface area contributed by atoms with Crippen molar-refractivity contribution in [2.45, 2.75) is 0 Å². The van der Waals surface area contributed by atoms with E-state index in [2.05, 4.69) is 25.9 Å². The van der Waals surface area contributed by atoms with Gasteiger partial charge in [-0.3, -0.25) is 0 Å². The number of halogens is 1. The van der Waals surface area contributed by atoms with Gasteiger partial charge in [-0.05, 0) is 22.0 Å². The van der Waals surface area contributed by atoms with Crippen molar-refractivity contribution < 1.29 is 0 Å². The number of nitrogen functional groups attached to an aromatic ring is 1. The zero-order valence-electron chi connectivity index (χ0n) is 5.63. The number of nitrogens with two attached hydrogens (primary N) is 1. The number of anilines is 1. The molecule has 0 unspecified atom stereocenters. The molecule has 0 aliphatic rings. The number of aromatic nitrogens is 2. The molecule has 0 radical (unpaired) electrons. The molecule has 11 heavy (non-hydrogen) atoms. The van der Waals surface area contributed by atoms with E-state index in [1.807, 2.05) is 6.07 Å². The minimum atomic E-state index is 0.753. The van der Waals surface area contributed by atoms with Crippen LogP contribution in [0.1, 0.15) is 0 Å². The SMILES string of the molecule is Nc1c[nH]c2cnc(Br)cc12. The van der Waals surface area contributed by atoms with Crippen LogP contribution in [0, 0.1) is 0 Å². The van der Waals surface area contributed by atoms with Crippen molar-refractivity contribution in [1.29, 1.82) is 0 Å². The lowest BCUT2D eigenvalue weighted by Gasteiger charge is -1.90. The fraction of sp³-hybridized carbons (Fsp3) is 0. The summed E-state index contributed by atoms with van der Waals surface area (Å²) >= 11 is 3.27. The molecule has 0 amide bonds. The van der Waals surface area contributed by atoms with E-state index >= 15 is 0 Å². The summed E-state index contributed by atoms with van der Waals surface area (Å²) in [5.74, 6) is 0. The summed E-state index contributed by atoms with van der Waals surface area (Å²) in [4.78, 5) is 7.06. The van der Waals surface area contributed by atoms with Crippen LogP contribution in [0.2, 0.25) is 0 Å². The Hall–Kier alpha value is -1.03. The van der Waals surface area contributed by atoms with Gasteiger partial charge in [0.1, 0.15) is 4.60 Å². The van der Waals surface area contributed by atoms with Crippen LogP contribution in [0.4, 0.5) is 5.69 Å². The summed E-state index contributed by atoms with van der Waals surface area (Å²) in [6.45, 7) is 0. The Kier molecular flexibility index (Phi) is 1.35. The van der Waals surface area contributed by atoms with Gasteiger partial charge >= 0.3 is 0 Å². The van der Waals surface area contributed by atoms with Crippen LogP contribution < -0.4 is 5.73 Å². The van der Waals surface area contributed by atoms with Gasteiger partial charge < -0.3 is 10.7 Å². The Morgan fingerprint density at radius 2 is 2.36 bits per heavy atom. The van der Waals surface area contributed by atoms with Crippen molar-refractivity contribution in [3.8, 4) is 0 Å². The lowest BCUT2D eigenvalue weighted by atomic mass is 10.3. The van der Waals surface area contributed by atoms with E-state index in [-0.39, 0.29) is 0 Å². The Balaban J connectivity index is 2.87. The highest BCUT2D eigenvalue weighted by Gasteiger charge is 1.99. The normalized spacial score (nSPS) is 10.6. The first-order chi connectivity index (χ1) is 5.27.